The first-order valence-corrected chi connectivity index (χ1v) is 6.61. The minimum atomic E-state index is 0.0728. The Morgan fingerprint density at radius 3 is 3.06 bits per heavy atom. The lowest BCUT2D eigenvalue weighted by Gasteiger charge is -2.20. The minimum Gasteiger partial charge on any atom is -0.376 e. The van der Waals surface area contributed by atoms with Crippen molar-refractivity contribution in [2.24, 2.45) is 0 Å². The van der Waals surface area contributed by atoms with Gasteiger partial charge in [-0.3, -0.25) is 4.79 Å². The zero-order valence-corrected chi connectivity index (χ0v) is 11.1. The van der Waals surface area contributed by atoms with E-state index in [4.69, 9.17) is 4.74 Å². The number of hydrogen-bond acceptors (Lipinski definition) is 2. The molecule has 18 heavy (non-hydrogen) atoms. The van der Waals surface area contributed by atoms with Gasteiger partial charge in [-0.15, -0.1) is 0 Å². The quantitative estimate of drug-likeness (QED) is 0.886. The molecule has 1 aromatic rings. The van der Waals surface area contributed by atoms with Crippen molar-refractivity contribution >= 4 is 5.91 Å². The molecule has 1 aliphatic rings. The van der Waals surface area contributed by atoms with E-state index in [1.165, 1.54) is 5.56 Å². The van der Waals surface area contributed by atoms with Crippen molar-refractivity contribution in [2.45, 2.75) is 45.3 Å². The van der Waals surface area contributed by atoms with Gasteiger partial charge < -0.3 is 10.1 Å². The van der Waals surface area contributed by atoms with Crippen molar-refractivity contribution in [2.75, 3.05) is 6.61 Å². The average molecular weight is 247 g/mol. The monoisotopic (exact) mass is 247 g/mol. The number of carbonyl (C=O) groups excluding carboxylic acids is 1. The van der Waals surface area contributed by atoms with E-state index in [-0.39, 0.29) is 18.1 Å². The van der Waals surface area contributed by atoms with E-state index in [1.54, 1.807) is 0 Å². The van der Waals surface area contributed by atoms with Crippen molar-refractivity contribution in [3.8, 4) is 0 Å². The summed E-state index contributed by atoms with van der Waals surface area (Å²) in [5.41, 5.74) is 2.25. The number of aryl methyl sites for hydroxylation is 1. The zero-order valence-electron chi connectivity index (χ0n) is 11.1. The second-order valence-electron chi connectivity index (χ2n) is 5.07. The fraction of sp³-hybridized carbons (Fsp3) is 0.533. The molecule has 98 valence electrons. The first kappa shape index (κ1) is 13.1. The van der Waals surface area contributed by atoms with Gasteiger partial charge in [-0.1, -0.05) is 29.8 Å². The van der Waals surface area contributed by atoms with Crippen LogP contribution in [0.15, 0.2) is 24.3 Å². The molecule has 3 heteroatoms. The van der Waals surface area contributed by atoms with Gasteiger partial charge in [-0.05, 0) is 32.3 Å². The normalized spacial score (nSPS) is 20.7. The summed E-state index contributed by atoms with van der Waals surface area (Å²) in [6, 6.07) is 8.17. The molecule has 0 unspecified atom stereocenters. The molecule has 2 atom stereocenters. The largest absolute Gasteiger partial charge is 0.376 e. The van der Waals surface area contributed by atoms with Gasteiger partial charge in [0.1, 0.15) is 0 Å². The van der Waals surface area contributed by atoms with Gasteiger partial charge in [0, 0.05) is 6.61 Å². The molecule has 1 fully saturated rings. The summed E-state index contributed by atoms with van der Waals surface area (Å²) in [6.07, 6.45) is 2.78. The van der Waals surface area contributed by atoms with Crippen LogP contribution in [0.1, 0.15) is 30.9 Å². The summed E-state index contributed by atoms with van der Waals surface area (Å²) in [6.45, 7) is 4.88. The van der Waals surface area contributed by atoms with Crippen molar-refractivity contribution < 1.29 is 9.53 Å². The molecule has 1 aromatic carbocycles. The number of nitrogens with one attached hydrogen (secondary N) is 1. The number of amides is 1. The number of hydrogen-bond donors (Lipinski definition) is 1. The number of carbonyl (C=O) groups is 1. The number of rotatable bonds is 4. The lowest BCUT2D eigenvalue weighted by molar-refractivity contribution is -0.121. The van der Waals surface area contributed by atoms with Crippen LogP contribution < -0.4 is 5.32 Å². The Kier molecular flexibility index (Phi) is 4.37. The summed E-state index contributed by atoms with van der Waals surface area (Å²) in [7, 11) is 0. The maximum Gasteiger partial charge on any atom is 0.224 e. The van der Waals surface area contributed by atoms with Crippen LogP contribution in [0.25, 0.3) is 0 Å². The van der Waals surface area contributed by atoms with Crippen LogP contribution in [-0.2, 0) is 16.0 Å². The summed E-state index contributed by atoms with van der Waals surface area (Å²) in [4.78, 5) is 11.9. The van der Waals surface area contributed by atoms with Gasteiger partial charge in [0.05, 0.1) is 18.6 Å². The number of ether oxygens (including phenoxy) is 1. The molecule has 0 saturated carbocycles. The molecule has 1 saturated heterocycles. The van der Waals surface area contributed by atoms with Crippen LogP contribution in [0.5, 0.6) is 0 Å². The maximum absolute atomic E-state index is 11.9. The van der Waals surface area contributed by atoms with Crippen LogP contribution in [0.3, 0.4) is 0 Å². The summed E-state index contributed by atoms with van der Waals surface area (Å²) in [5.74, 6) is 0.0728. The van der Waals surface area contributed by atoms with Crippen molar-refractivity contribution in [1.29, 1.82) is 0 Å². The Labute approximate surface area is 109 Å². The Hall–Kier alpha value is -1.35. The molecular weight excluding hydrogens is 226 g/mol. The summed E-state index contributed by atoms with van der Waals surface area (Å²) < 4.78 is 5.57. The van der Waals surface area contributed by atoms with Crippen molar-refractivity contribution in [3.63, 3.8) is 0 Å². The number of benzene rings is 1. The Morgan fingerprint density at radius 2 is 2.39 bits per heavy atom. The maximum atomic E-state index is 11.9. The molecule has 3 nitrogen and oxygen atoms in total. The summed E-state index contributed by atoms with van der Waals surface area (Å²) in [5, 5.41) is 3.03. The molecule has 0 spiro atoms. The van der Waals surface area contributed by atoms with Crippen LogP contribution >= 0.6 is 0 Å². The highest BCUT2D eigenvalue weighted by Crippen LogP contribution is 2.15. The third-order valence-electron chi connectivity index (χ3n) is 3.36. The van der Waals surface area contributed by atoms with Crippen LogP contribution in [-0.4, -0.2) is 24.7 Å². The molecular formula is C15H21NO2. The van der Waals surface area contributed by atoms with Crippen LogP contribution in [0.4, 0.5) is 0 Å². The van der Waals surface area contributed by atoms with E-state index in [1.807, 2.05) is 32.0 Å². The summed E-state index contributed by atoms with van der Waals surface area (Å²) >= 11 is 0. The van der Waals surface area contributed by atoms with Gasteiger partial charge in [0.15, 0.2) is 0 Å². The standard InChI is InChI=1S/C15H21NO2/c1-11-5-3-6-13(9-11)10-15(17)16-12(2)14-7-4-8-18-14/h3,5-6,9,12,14H,4,7-8,10H2,1-2H3,(H,16,17)/t12-,14-/m1/s1. The molecule has 1 aliphatic heterocycles. The third kappa shape index (κ3) is 3.57. The topological polar surface area (TPSA) is 38.3 Å². The first-order chi connectivity index (χ1) is 8.65. The van der Waals surface area contributed by atoms with Gasteiger partial charge in [0.25, 0.3) is 0 Å². The van der Waals surface area contributed by atoms with Gasteiger partial charge >= 0.3 is 0 Å². The second-order valence-corrected chi connectivity index (χ2v) is 5.07. The average Bonchev–Trinajstić information content (AvgIpc) is 2.81. The van der Waals surface area contributed by atoms with Gasteiger partial charge in [-0.25, -0.2) is 0 Å². The lowest BCUT2D eigenvalue weighted by atomic mass is 10.1. The molecule has 0 aromatic heterocycles. The van der Waals surface area contributed by atoms with E-state index >= 15 is 0 Å². The zero-order chi connectivity index (χ0) is 13.0. The molecule has 1 amide bonds. The Bertz CT molecular complexity index is 411. The van der Waals surface area contributed by atoms with E-state index in [0.29, 0.717) is 6.42 Å². The van der Waals surface area contributed by atoms with Gasteiger partial charge in [0.2, 0.25) is 5.91 Å². The fourth-order valence-electron chi connectivity index (χ4n) is 2.40. The van der Waals surface area contributed by atoms with E-state index in [9.17, 15) is 4.79 Å². The molecule has 2 rings (SSSR count). The van der Waals surface area contributed by atoms with Crippen molar-refractivity contribution in [3.05, 3.63) is 35.4 Å². The lowest BCUT2D eigenvalue weighted by Crippen LogP contribution is -2.41. The third-order valence-corrected chi connectivity index (χ3v) is 3.36. The molecule has 1 N–H and O–H groups in total. The second kappa shape index (κ2) is 6.01. The SMILES string of the molecule is Cc1cccc(CC(=O)N[C@H](C)[C@H]2CCCO2)c1. The minimum absolute atomic E-state index is 0.0728. The highest BCUT2D eigenvalue weighted by Gasteiger charge is 2.23. The molecule has 1 heterocycles. The smallest absolute Gasteiger partial charge is 0.224 e. The molecule has 0 aliphatic carbocycles. The van der Waals surface area contributed by atoms with Gasteiger partial charge in [-0.2, -0.15) is 0 Å². The predicted molar refractivity (Wildman–Crippen MR) is 71.5 cm³/mol. The highest BCUT2D eigenvalue weighted by molar-refractivity contribution is 5.78. The Morgan fingerprint density at radius 1 is 1.56 bits per heavy atom. The Balaban J connectivity index is 1.84. The van der Waals surface area contributed by atoms with E-state index in [2.05, 4.69) is 11.4 Å². The molecule has 0 radical (unpaired) electrons. The fourth-order valence-corrected chi connectivity index (χ4v) is 2.40. The predicted octanol–water partition coefficient (Wildman–Crippen LogP) is 2.22. The van der Waals surface area contributed by atoms with E-state index < -0.39 is 0 Å². The van der Waals surface area contributed by atoms with Crippen molar-refractivity contribution in [1.82, 2.24) is 5.32 Å². The van der Waals surface area contributed by atoms with E-state index in [0.717, 1.165) is 25.0 Å². The first-order valence-electron chi connectivity index (χ1n) is 6.61. The highest BCUT2D eigenvalue weighted by atomic mass is 16.5. The van der Waals surface area contributed by atoms with Crippen LogP contribution in [0, 0.1) is 6.92 Å². The molecule has 0 bridgehead atoms. The van der Waals surface area contributed by atoms with Crippen LogP contribution in [0.2, 0.25) is 0 Å².